The second-order valence-corrected chi connectivity index (χ2v) is 6.93. The van der Waals surface area contributed by atoms with Gasteiger partial charge < -0.3 is 9.15 Å². The monoisotopic (exact) mass is 402 g/mol. The summed E-state index contributed by atoms with van der Waals surface area (Å²) in [6.07, 6.45) is 0. The average molecular weight is 403 g/mol. The minimum Gasteiger partial charge on any atom is -0.493 e. The molecule has 0 aliphatic rings. The van der Waals surface area contributed by atoms with Crippen LogP contribution in [0.15, 0.2) is 51.4 Å². The third kappa shape index (κ3) is 2.55. The lowest BCUT2D eigenvalue weighted by Crippen LogP contribution is -2.10. The molecule has 4 rings (SSSR count). The SMILES string of the molecule is COc1cccc2cc(C(=O)Nc3nc4c(Br)cccc4s3)oc12. The Kier molecular flexibility index (Phi) is 3.74. The van der Waals surface area contributed by atoms with Gasteiger partial charge in [-0.05, 0) is 40.2 Å². The topological polar surface area (TPSA) is 64.4 Å². The van der Waals surface area contributed by atoms with Crippen LogP contribution >= 0.6 is 27.3 Å². The van der Waals surface area contributed by atoms with Gasteiger partial charge in [-0.25, -0.2) is 4.98 Å². The number of carbonyl (C=O) groups excluding carboxylic acids is 1. The molecule has 0 atom stereocenters. The van der Waals surface area contributed by atoms with Crippen LogP contribution in [0.3, 0.4) is 0 Å². The largest absolute Gasteiger partial charge is 0.493 e. The molecule has 7 heteroatoms. The summed E-state index contributed by atoms with van der Waals surface area (Å²) < 4.78 is 12.8. The lowest BCUT2D eigenvalue weighted by molar-refractivity contribution is 0.0998. The molecular formula is C17H11BrN2O3S. The molecule has 2 heterocycles. The summed E-state index contributed by atoms with van der Waals surface area (Å²) in [6.45, 7) is 0. The minimum atomic E-state index is -0.344. The average Bonchev–Trinajstić information content (AvgIpc) is 3.18. The zero-order valence-corrected chi connectivity index (χ0v) is 14.9. The molecule has 0 unspecified atom stereocenters. The molecule has 2 aromatic carbocycles. The van der Waals surface area contributed by atoms with E-state index < -0.39 is 0 Å². The highest BCUT2D eigenvalue weighted by atomic mass is 79.9. The maximum absolute atomic E-state index is 12.5. The van der Waals surface area contributed by atoms with E-state index in [-0.39, 0.29) is 11.7 Å². The molecule has 120 valence electrons. The Morgan fingerprint density at radius 2 is 2.12 bits per heavy atom. The number of hydrogen-bond acceptors (Lipinski definition) is 5. The number of aromatic nitrogens is 1. The van der Waals surface area contributed by atoms with E-state index in [1.54, 1.807) is 19.2 Å². The zero-order valence-electron chi connectivity index (χ0n) is 12.5. The second-order valence-electron chi connectivity index (χ2n) is 5.05. The van der Waals surface area contributed by atoms with Crippen LogP contribution < -0.4 is 10.1 Å². The number of anilines is 1. The molecule has 0 aliphatic heterocycles. The number of para-hydroxylation sites is 2. The predicted molar refractivity (Wildman–Crippen MR) is 98.0 cm³/mol. The summed E-state index contributed by atoms with van der Waals surface area (Å²) in [4.78, 5) is 16.9. The third-order valence-electron chi connectivity index (χ3n) is 3.54. The molecule has 0 saturated carbocycles. The first kappa shape index (κ1) is 15.2. The number of nitrogens with one attached hydrogen (secondary N) is 1. The van der Waals surface area contributed by atoms with Crippen LogP contribution in [0.1, 0.15) is 10.6 Å². The molecule has 2 aromatic heterocycles. The number of nitrogens with zero attached hydrogens (tertiary/aromatic N) is 1. The van der Waals surface area contributed by atoms with E-state index in [1.165, 1.54) is 11.3 Å². The number of fused-ring (bicyclic) bond motifs is 2. The first-order valence-corrected chi connectivity index (χ1v) is 8.69. The van der Waals surface area contributed by atoms with Gasteiger partial charge in [0.2, 0.25) is 0 Å². The minimum absolute atomic E-state index is 0.216. The van der Waals surface area contributed by atoms with Crippen molar-refractivity contribution in [3.63, 3.8) is 0 Å². The van der Waals surface area contributed by atoms with Crippen LogP contribution in [0.5, 0.6) is 5.75 Å². The van der Waals surface area contributed by atoms with Crippen molar-refractivity contribution >= 4 is 59.5 Å². The van der Waals surface area contributed by atoms with Gasteiger partial charge in [-0.3, -0.25) is 10.1 Å². The molecule has 0 aliphatic carbocycles. The van der Waals surface area contributed by atoms with Crippen molar-refractivity contribution in [2.24, 2.45) is 0 Å². The quantitative estimate of drug-likeness (QED) is 0.519. The summed E-state index contributed by atoms with van der Waals surface area (Å²) in [5.41, 5.74) is 1.38. The number of furan rings is 1. The van der Waals surface area contributed by atoms with Crippen LogP contribution in [-0.2, 0) is 0 Å². The van der Waals surface area contributed by atoms with E-state index in [0.29, 0.717) is 16.5 Å². The van der Waals surface area contributed by atoms with Crippen molar-refractivity contribution in [2.75, 3.05) is 12.4 Å². The standard InChI is InChI=1S/C17H11BrN2O3S/c1-22-11-6-2-4-9-8-12(23-15(9)11)16(21)20-17-19-14-10(18)5-3-7-13(14)24-17/h2-8H,1H3,(H,19,20,21). The summed E-state index contributed by atoms with van der Waals surface area (Å²) in [5, 5.41) is 4.12. The van der Waals surface area contributed by atoms with Gasteiger partial charge in [-0.15, -0.1) is 0 Å². The Bertz CT molecular complexity index is 1070. The molecule has 0 saturated heterocycles. The van der Waals surface area contributed by atoms with Crippen molar-refractivity contribution < 1.29 is 13.9 Å². The van der Waals surface area contributed by atoms with E-state index in [2.05, 4.69) is 26.2 Å². The number of thiazole rings is 1. The number of rotatable bonds is 3. The van der Waals surface area contributed by atoms with Gasteiger partial charge in [0.1, 0.15) is 0 Å². The fourth-order valence-corrected chi connectivity index (χ4v) is 3.91. The molecule has 4 aromatic rings. The lowest BCUT2D eigenvalue weighted by Gasteiger charge is -1.99. The predicted octanol–water partition coefficient (Wildman–Crippen LogP) is 5.07. The highest BCUT2D eigenvalue weighted by Crippen LogP contribution is 2.32. The maximum Gasteiger partial charge on any atom is 0.293 e. The molecule has 1 N–H and O–H groups in total. The van der Waals surface area contributed by atoms with Crippen LogP contribution in [0, 0.1) is 0 Å². The van der Waals surface area contributed by atoms with Gasteiger partial charge in [-0.1, -0.05) is 29.5 Å². The first-order chi connectivity index (χ1) is 11.7. The van der Waals surface area contributed by atoms with Crippen LogP contribution in [0.25, 0.3) is 21.2 Å². The Labute approximate surface area is 149 Å². The molecule has 0 spiro atoms. The maximum atomic E-state index is 12.5. The Hall–Kier alpha value is -2.38. The fraction of sp³-hybridized carbons (Fsp3) is 0.0588. The summed E-state index contributed by atoms with van der Waals surface area (Å²) in [6, 6.07) is 13.0. The van der Waals surface area contributed by atoms with E-state index >= 15 is 0 Å². The number of amides is 1. The van der Waals surface area contributed by atoms with E-state index in [0.717, 1.165) is 20.1 Å². The Morgan fingerprint density at radius 3 is 2.92 bits per heavy atom. The van der Waals surface area contributed by atoms with Crippen LogP contribution in [0.2, 0.25) is 0 Å². The van der Waals surface area contributed by atoms with Gasteiger partial charge in [0.15, 0.2) is 22.2 Å². The highest BCUT2D eigenvalue weighted by Gasteiger charge is 2.17. The highest BCUT2D eigenvalue weighted by molar-refractivity contribution is 9.10. The molecular weight excluding hydrogens is 392 g/mol. The van der Waals surface area contributed by atoms with Crippen molar-refractivity contribution in [1.82, 2.24) is 4.98 Å². The van der Waals surface area contributed by atoms with Gasteiger partial charge >= 0.3 is 0 Å². The Morgan fingerprint density at radius 1 is 1.29 bits per heavy atom. The van der Waals surface area contributed by atoms with Crippen molar-refractivity contribution in [1.29, 1.82) is 0 Å². The van der Waals surface area contributed by atoms with Gasteiger partial charge in [0.25, 0.3) is 5.91 Å². The smallest absolute Gasteiger partial charge is 0.293 e. The summed E-state index contributed by atoms with van der Waals surface area (Å²) in [7, 11) is 1.57. The third-order valence-corrected chi connectivity index (χ3v) is 5.12. The fourth-order valence-electron chi connectivity index (χ4n) is 2.44. The molecule has 5 nitrogen and oxygen atoms in total. The number of halogens is 1. The van der Waals surface area contributed by atoms with E-state index in [1.807, 2.05) is 30.3 Å². The van der Waals surface area contributed by atoms with E-state index in [4.69, 9.17) is 9.15 Å². The van der Waals surface area contributed by atoms with Crippen molar-refractivity contribution in [3.05, 3.63) is 52.7 Å². The molecule has 0 radical (unpaired) electrons. The van der Waals surface area contributed by atoms with Crippen molar-refractivity contribution in [3.8, 4) is 5.75 Å². The molecule has 24 heavy (non-hydrogen) atoms. The van der Waals surface area contributed by atoms with Crippen molar-refractivity contribution in [2.45, 2.75) is 0 Å². The Balaban J connectivity index is 1.67. The molecule has 0 fully saturated rings. The lowest BCUT2D eigenvalue weighted by atomic mass is 10.2. The number of methoxy groups -OCH3 is 1. The van der Waals surface area contributed by atoms with Gasteiger partial charge in [0, 0.05) is 9.86 Å². The first-order valence-electron chi connectivity index (χ1n) is 7.08. The number of ether oxygens (including phenoxy) is 1. The summed E-state index contributed by atoms with van der Waals surface area (Å²) in [5.74, 6) is 0.465. The normalized spacial score (nSPS) is 11.1. The number of hydrogen-bond donors (Lipinski definition) is 1. The van der Waals surface area contributed by atoms with Gasteiger partial charge in [0.05, 0.1) is 17.3 Å². The van der Waals surface area contributed by atoms with Crippen LogP contribution in [0.4, 0.5) is 5.13 Å². The second kappa shape index (κ2) is 5.92. The van der Waals surface area contributed by atoms with E-state index in [9.17, 15) is 4.79 Å². The molecule has 0 bridgehead atoms. The van der Waals surface area contributed by atoms with Crippen LogP contribution in [-0.4, -0.2) is 18.0 Å². The molecule has 1 amide bonds. The number of benzene rings is 2. The summed E-state index contributed by atoms with van der Waals surface area (Å²) >= 11 is 4.87. The zero-order chi connectivity index (χ0) is 16.7. The number of carbonyl (C=O) groups is 1. The van der Waals surface area contributed by atoms with Gasteiger partial charge in [-0.2, -0.15) is 0 Å².